The average molecular weight is 263 g/mol. The van der Waals surface area contributed by atoms with Crippen LogP contribution in [0.25, 0.3) is 11.0 Å². The molecule has 19 heavy (non-hydrogen) atoms. The van der Waals surface area contributed by atoms with E-state index in [4.69, 9.17) is 14.9 Å². The highest BCUT2D eigenvalue weighted by Crippen LogP contribution is 2.42. The number of methoxy groups -OCH3 is 1. The number of rotatable bonds is 3. The normalized spacial score (nSPS) is 19.9. The molecule has 3 rings (SSSR count). The molecule has 1 aliphatic rings. The van der Waals surface area contributed by atoms with Gasteiger partial charge >= 0.3 is 0 Å². The molecule has 1 aromatic carbocycles. The van der Waals surface area contributed by atoms with E-state index in [1.807, 2.05) is 12.1 Å². The maximum atomic E-state index is 13.7. The van der Waals surface area contributed by atoms with E-state index < -0.39 is 0 Å². The van der Waals surface area contributed by atoms with Gasteiger partial charge in [-0.2, -0.15) is 0 Å². The Kier molecular flexibility index (Phi) is 3.07. The van der Waals surface area contributed by atoms with Gasteiger partial charge in [0.15, 0.2) is 11.4 Å². The quantitative estimate of drug-likeness (QED) is 0.921. The number of nitrogens with two attached hydrogens (primary N) is 1. The van der Waals surface area contributed by atoms with Gasteiger partial charge in [0, 0.05) is 12.5 Å². The fourth-order valence-corrected chi connectivity index (χ4v) is 3.08. The minimum atomic E-state index is -0.371. The molecule has 0 saturated heterocycles. The standard InChI is InChI=1S/C15H18FNO2/c1-18-15(7-2-3-8-15)14(17)12-9-10-5-4-6-11(16)13(10)19-12/h4-6,9,14H,2-3,7-8,17H2,1H3. The molecule has 1 saturated carbocycles. The second-order valence-corrected chi connectivity index (χ2v) is 5.26. The van der Waals surface area contributed by atoms with E-state index in [2.05, 4.69) is 0 Å². The SMILES string of the molecule is COC1(C(N)c2cc3cccc(F)c3o2)CCCC1. The lowest BCUT2D eigenvalue weighted by Crippen LogP contribution is -2.40. The third-order valence-corrected chi connectivity index (χ3v) is 4.24. The van der Waals surface area contributed by atoms with Gasteiger partial charge in [0.25, 0.3) is 0 Å². The Morgan fingerprint density at radius 2 is 2.11 bits per heavy atom. The van der Waals surface area contributed by atoms with E-state index in [1.165, 1.54) is 6.07 Å². The molecule has 1 fully saturated rings. The Labute approximate surface area is 111 Å². The first-order valence-electron chi connectivity index (χ1n) is 6.65. The van der Waals surface area contributed by atoms with Crippen molar-refractivity contribution in [2.45, 2.75) is 37.3 Å². The van der Waals surface area contributed by atoms with Gasteiger partial charge in [0.1, 0.15) is 5.76 Å². The van der Waals surface area contributed by atoms with Crippen molar-refractivity contribution >= 4 is 11.0 Å². The molecule has 4 heteroatoms. The van der Waals surface area contributed by atoms with Gasteiger partial charge in [-0.15, -0.1) is 0 Å². The number of ether oxygens (including phenoxy) is 1. The molecule has 0 aliphatic heterocycles. The Morgan fingerprint density at radius 3 is 2.74 bits per heavy atom. The maximum Gasteiger partial charge on any atom is 0.169 e. The monoisotopic (exact) mass is 263 g/mol. The number of furan rings is 1. The van der Waals surface area contributed by atoms with Crippen molar-refractivity contribution in [1.82, 2.24) is 0 Å². The molecule has 2 aromatic rings. The minimum absolute atomic E-state index is 0.275. The summed E-state index contributed by atoms with van der Waals surface area (Å²) in [5, 5.41) is 0.745. The van der Waals surface area contributed by atoms with Crippen molar-refractivity contribution in [3.05, 3.63) is 35.8 Å². The Balaban J connectivity index is 2.01. The Bertz CT molecular complexity index is 587. The van der Waals surface area contributed by atoms with Gasteiger partial charge in [0.2, 0.25) is 0 Å². The molecular formula is C15H18FNO2. The van der Waals surface area contributed by atoms with Crippen molar-refractivity contribution < 1.29 is 13.5 Å². The first-order valence-corrected chi connectivity index (χ1v) is 6.65. The fraction of sp³-hybridized carbons (Fsp3) is 0.467. The summed E-state index contributed by atoms with van der Waals surface area (Å²) in [6, 6.07) is 6.35. The molecule has 1 unspecified atom stereocenters. The molecule has 102 valence electrons. The summed E-state index contributed by atoms with van der Waals surface area (Å²) in [4.78, 5) is 0. The van der Waals surface area contributed by atoms with Gasteiger partial charge in [-0.25, -0.2) is 4.39 Å². The van der Waals surface area contributed by atoms with Crippen LogP contribution in [0.1, 0.15) is 37.5 Å². The molecule has 1 heterocycles. The topological polar surface area (TPSA) is 48.4 Å². The predicted octanol–water partition coefficient (Wildman–Crippen LogP) is 3.53. The first kappa shape index (κ1) is 12.6. The lowest BCUT2D eigenvalue weighted by atomic mass is 9.91. The molecule has 0 bridgehead atoms. The highest BCUT2D eigenvalue weighted by molar-refractivity contribution is 5.78. The van der Waals surface area contributed by atoms with Crippen LogP contribution in [0.3, 0.4) is 0 Å². The van der Waals surface area contributed by atoms with Crippen LogP contribution in [0, 0.1) is 5.82 Å². The summed E-state index contributed by atoms with van der Waals surface area (Å²) < 4.78 is 24.9. The van der Waals surface area contributed by atoms with Crippen LogP contribution in [0.4, 0.5) is 4.39 Å². The largest absolute Gasteiger partial charge is 0.456 e. The van der Waals surface area contributed by atoms with Crippen molar-refractivity contribution in [3.8, 4) is 0 Å². The van der Waals surface area contributed by atoms with Crippen molar-refractivity contribution in [3.63, 3.8) is 0 Å². The molecule has 0 radical (unpaired) electrons. The maximum absolute atomic E-state index is 13.7. The van der Waals surface area contributed by atoms with Gasteiger partial charge in [-0.05, 0) is 25.0 Å². The molecule has 1 aliphatic carbocycles. The van der Waals surface area contributed by atoms with E-state index in [9.17, 15) is 4.39 Å². The van der Waals surface area contributed by atoms with Crippen molar-refractivity contribution in [2.24, 2.45) is 5.73 Å². The van der Waals surface area contributed by atoms with Crippen LogP contribution in [0.2, 0.25) is 0 Å². The van der Waals surface area contributed by atoms with E-state index in [0.717, 1.165) is 31.1 Å². The zero-order chi connectivity index (χ0) is 13.5. The number of halogens is 1. The zero-order valence-corrected chi connectivity index (χ0v) is 11.0. The van der Waals surface area contributed by atoms with Crippen LogP contribution in [0.15, 0.2) is 28.7 Å². The Morgan fingerprint density at radius 1 is 1.37 bits per heavy atom. The number of benzene rings is 1. The predicted molar refractivity (Wildman–Crippen MR) is 71.3 cm³/mol. The van der Waals surface area contributed by atoms with Crippen LogP contribution >= 0.6 is 0 Å². The van der Waals surface area contributed by atoms with Crippen LogP contribution < -0.4 is 5.73 Å². The minimum Gasteiger partial charge on any atom is -0.456 e. The number of hydrogen-bond acceptors (Lipinski definition) is 3. The molecule has 3 nitrogen and oxygen atoms in total. The smallest absolute Gasteiger partial charge is 0.169 e. The summed E-state index contributed by atoms with van der Waals surface area (Å²) in [6.07, 6.45) is 4.06. The summed E-state index contributed by atoms with van der Waals surface area (Å²) in [7, 11) is 1.69. The summed E-state index contributed by atoms with van der Waals surface area (Å²) in [5.74, 6) is 0.248. The lowest BCUT2D eigenvalue weighted by Gasteiger charge is -2.32. The molecule has 2 N–H and O–H groups in total. The van der Waals surface area contributed by atoms with Crippen molar-refractivity contribution in [1.29, 1.82) is 0 Å². The summed E-state index contributed by atoms with van der Waals surface area (Å²) in [5.41, 5.74) is 6.22. The van der Waals surface area contributed by atoms with E-state index in [0.29, 0.717) is 5.76 Å². The van der Waals surface area contributed by atoms with Gasteiger partial charge in [0.05, 0.1) is 11.6 Å². The van der Waals surface area contributed by atoms with Crippen LogP contribution in [0.5, 0.6) is 0 Å². The van der Waals surface area contributed by atoms with Gasteiger partial charge in [-0.1, -0.05) is 25.0 Å². The summed E-state index contributed by atoms with van der Waals surface area (Å²) in [6.45, 7) is 0. The van der Waals surface area contributed by atoms with Gasteiger partial charge < -0.3 is 14.9 Å². The molecule has 0 amide bonds. The third kappa shape index (κ3) is 1.95. The molecular weight excluding hydrogens is 245 g/mol. The van der Waals surface area contributed by atoms with Crippen LogP contribution in [-0.4, -0.2) is 12.7 Å². The fourth-order valence-electron chi connectivity index (χ4n) is 3.08. The number of fused-ring (bicyclic) bond motifs is 1. The first-order chi connectivity index (χ1) is 9.16. The molecule has 1 atom stereocenters. The number of hydrogen-bond donors (Lipinski definition) is 1. The highest BCUT2D eigenvalue weighted by atomic mass is 19.1. The van der Waals surface area contributed by atoms with Crippen LogP contribution in [-0.2, 0) is 4.74 Å². The second kappa shape index (κ2) is 4.62. The second-order valence-electron chi connectivity index (χ2n) is 5.26. The highest BCUT2D eigenvalue weighted by Gasteiger charge is 2.42. The van der Waals surface area contributed by atoms with Gasteiger partial charge in [-0.3, -0.25) is 0 Å². The Hall–Kier alpha value is -1.39. The average Bonchev–Trinajstić information content (AvgIpc) is 3.06. The third-order valence-electron chi connectivity index (χ3n) is 4.24. The van der Waals surface area contributed by atoms with E-state index in [-0.39, 0.29) is 23.0 Å². The van der Waals surface area contributed by atoms with Crippen molar-refractivity contribution in [2.75, 3.05) is 7.11 Å². The zero-order valence-electron chi connectivity index (χ0n) is 11.0. The lowest BCUT2D eigenvalue weighted by molar-refractivity contribution is -0.0309. The van der Waals surface area contributed by atoms with E-state index >= 15 is 0 Å². The molecule has 1 aromatic heterocycles. The number of para-hydroxylation sites is 1. The molecule has 0 spiro atoms. The van der Waals surface area contributed by atoms with E-state index in [1.54, 1.807) is 13.2 Å². The summed E-state index contributed by atoms with van der Waals surface area (Å²) >= 11 is 0.